The summed E-state index contributed by atoms with van der Waals surface area (Å²) in [5.41, 5.74) is 1.26. The molecule has 1 atom stereocenters. The molecule has 6 nitrogen and oxygen atoms in total. The Kier molecular flexibility index (Phi) is 5.08. The van der Waals surface area contributed by atoms with Crippen LogP contribution in [-0.2, 0) is 13.1 Å². The van der Waals surface area contributed by atoms with E-state index in [9.17, 15) is 18.0 Å². The minimum absolute atomic E-state index is 0.157. The third kappa shape index (κ3) is 4.14. The van der Waals surface area contributed by atoms with Gasteiger partial charge >= 0.3 is 6.18 Å². The van der Waals surface area contributed by atoms with Crippen molar-refractivity contribution in [2.24, 2.45) is 0 Å². The molecule has 1 saturated heterocycles. The van der Waals surface area contributed by atoms with E-state index >= 15 is 0 Å². The van der Waals surface area contributed by atoms with Crippen LogP contribution in [0, 0.1) is 6.92 Å². The van der Waals surface area contributed by atoms with Crippen LogP contribution in [0.1, 0.15) is 36.1 Å². The zero-order valence-electron chi connectivity index (χ0n) is 15.9. The van der Waals surface area contributed by atoms with Crippen molar-refractivity contribution in [2.45, 2.75) is 45.1 Å². The molecule has 0 saturated carbocycles. The fourth-order valence-corrected chi connectivity index (χ4v) is 3.88. The van der Waals surface area contributed by atoms with E-state index in [0.717, 1.165) is 22.4 Å². The first-order valence-electron chi connectivity index (χ1n) is 9.39. The monoisotopic (exact) mass is 403 g/mol. The number of fused-ring (bicyclic) bond motifs is 1. The van der Waals surface area contributed by atoms with Crippen molar-refractivity contribution in [3.05, 3.63) is 64.2 Å². The molecule has 1 unspecified atom stereocenters. The molecule has 0 spiro atoms. The summed E-state index contributed by atoms with van der Waals surface area (Å²) in [5, 5.41) is 0.189. The molecule has 3 heterocycles. The van der Waals surface area contributed by atoms with Crippen LogP contribution in [0.4, 0.5) is 13.2 Å². The van der Waals surface area contributed by atoms with Gasteiger partial charge in [0.15, 0.2) is 0 Å². The van der Waals surface area contributed by atoms with Crippen LogP contribution in [-0.4, -0.2) is 37.1 Å². The predicted molar refractivity (Wildman–Crippen MR) is 101 cm³/mol. The first kappa shape index (κ1) is 19.5. The Morgan fingerprint density at radius 3 is 2.72 bits per heavy atom. The summed E-state index contributed by atoms with van der Waals surface area (Å²) in [6, 6.07) is 6.12. The molecule has 0 aliphatic carbocycles. The molecule has 9 heteroatoms. The van der Waals surface area contributed by atoms with E-state index in [-0.39, 0.29) is 11.2 Å². The van der Waals surface area contributed by atoms with E-state index in [1.54, 1.807) is 30.6 Å². The summed E-state index contributed by atoms with van der Waals surface area (Å²) in [5.74, 6) is 0.157. The zero-order chi connectivity index (χ0) is 20.6. The number of hydrogen-bond donors (Lipinski definition) is 0. The van der Waals surface area contributed by atoms with Gasteiger partial charge in [-0.2, -0.15) is 13.2 Å². The van der Waals surface area contributed by atoms with Crippen molar-refractivity contribution >= 4 is 10.9 Å². The van der Waals surface area contributed by atoms with Crippen molar-refractivity contribution in [1.82, 2.24) is 24.4 Å². The maximum absolute atomic E-state index is 13.3. The van der Waals surface area contributed by atoms with Gasteiger partial charge in [-0.25, -0.2) is 4.98 Å². The fourth-order valence-electron chi connectivity index (χ4n) is 3.88. The van der Waals surface area contributed by atoms with Crippen LogP contribution in [0.3, 0.4) is 0 Å². The Bertz CT molecular complexity index is 1100. The van der Waals surface area contributed by atoms with E-state index in [2.05, 4.69) is 15.0 Å². The first-order chi connectivity index (χ1) is 13.8. The lowest BCUT2D eigenvalue weighted by Gasteiger charge is -2.26. The highest BCUT2D eigenvalue weighted by molar-refractivity contribution is 5.77. The van der Waals surface area contributed by atoms with Gasteiger partial charge in [0.1, 0.15) is 12.4 Å². The number of rotatable bonds is 4. The largest absolute Gasteiger partial charge is 0.406 e. The molecule has 0 N–H and O–H groups in total. The fraction of sp³-hybridized carbons (Fsp3) is 0.400. The molecule has 0 amide bonds. The van der Waals surface area contributed by atoms with Gasteiger partial charge in [-0.15, -0.1) is 0 Å². The van der Waals surface area contributed by atoms with E-state index in [4.69, 9.17) is 0 Å². The highest BCUT2D eigenvalue weighted by atomic mass is 19.4. The number of benzene rings is 1. The normalized spacial score (nSPS) is 17.9. The molecule has 1 fully saturated rings. The summed E-state index contributed by atoms with van der Waals surface area (Å²) in [6.45, 7) is 1.61. The molecule has 0 bridgehead atoms. The third-order valence-electron chi connectivity index (χ3n) is 5.06. The third-order valence-corrected chi connectivity index (χ3v) is 5.06. The van der Waals surface area contributed by atoms with Gasteiger partial charge in [-0.3, -0.25) is 24.2 Å². The van der Waals surface area contributed by atoms with Crippen molar-refractivity contribution < 1.29 is 13.2 Å². The lowest BCUT2D eigenvalue weighted by molar-refractivity contribution is -0.142. The van der Waals surface area contributed by atoms with E-state index in [1.165, 1.54) is 6.07 Å². The van der Waals surface area contributed by atoms with E-state index < -0.39 is 24.3 Å². The van der Waals surface area contributed by atoms with Gasteiger partial charge in [0.2, 0.25) is 0 Å². The lowest BCUT2D eigenvalue weighted by Crippen LogP contribution is -2.35. The Labute approximate surface area is 165 Å². The number of hydrogen-bond acceptors (Lipinski definition) is 5. The number of para-hydroxylation sites is 1. The minimum atomic E-state index is -4.52. The average molecular weight is 403 g/mol. The van der Waals surface area contributed by atoms with Crippen LogP contribution >= 0.6 is 0 Å². The predicted octanol–water partition coefficient (Wildman–Crippen LogP) is 3.39. The Hall–Kier alpha value is -2.81. The molecular weight excluding hydrogens is 383 g/mol. The minimum Gasteiger partial charge on any atom is -0.287 e. The smallest absolute Gasteiger partial charge is 0.287 e. The number of aryl methyl sites for hydroxylation is 1. The van der Waals surface area contributed by atoms with Gasteiger partial charge in [-0.05, 0) is 38.4 Å². The Morgan fingerprint density at radius 2 is 1.97 bits per heavy atom. The highest BCUT2D eigenvalue weighted by Crippen LogP contribution is 2.33. The van der Waals surface area contributed by atoms with Crippen LogP contribution in [0.5, 0.6) is 0 Å². The molecule has 152 valence electrons. The molecule has 29 heavy (non-hydrogen) atoms. The molecule has 0 radical (unpaired) electrons. The van der Waals surface area contributed by atoms with Gasteiger partial charge in [0, 0.05) is 18.9 Å². The van der Waals surface area contributed by atoms with Gasteiger partial charge < -0.3 is 0 Å². The standard InChI is InChI=1S/C20H20F3N5O/c1-13-9-24-10-14(25-13)11-27-8-4-7-17(27)18-26-16-6-3-2-5-15(16)19(29)28(18)12-20(21,22)23/h2-3,5-6,9-10,17H,4,7-8,11-12H2,1H3. The molecular formula is C20H20F3N5O. The SMILES string of the molecule is Cc1cncc(CN2CCCC2c2nc3ccccc3c(=O)n2CC(F)(F)F)n1. The number of aromatic nitrogens is 4. The van der Waals surface area contributed by atoms with Crippen LogP contribution in [0.25, 0.3) is 10.9 Å². The van der Waals surface area contributed by atoms with Crippen molar-refractivity contribution in [3.8, 4) is 0 Å². The lowest BCUT2D eigenvalue weighted by atomic mass is 10.1. The molecule has 1 aromatic carbocycles. The number of nitrogens with zero attached hydrogens (tertiary/aromatic N) is 5. The highest BCUT2D eigenvalue weighted by Gasteiger charge is 2.35. The maximum atomic E-state index is 13.3. The van der Waals surface area contributed by atoms with Crippen LogP contribution in [0.15, 0.2) is 41.5 Å². The molecule has 4 rings (SSSR count). The summed E-state index contributed by atoms with van der Waals surface area (Å²) in [4.78, 5) is 28.0. The van der Waals surface area contributed by atoms with Gasteiger partial charge in [0.05, 0.1) is 28.3 Å². The zero-order valence-corrected chi connectivity index (χ0v) is 15.9. The topological polar surface area (TPSA) is 63.9 Å². The summed E-state index contributed by atoms with van der Waals surface area (Å²) < 4.78 is 40.6. The second-order valence-corrected chi connectivity index (χ2v) is 7.27. The number of likely N-dealkylation sites (tertiary alicyclic amines) is 1. The van der Waals surface area contributed by atoms with E-state index in [1.807, 2.05) is 11.8 Å². The number of alkyl halides is 3. The number of halogens is 3. The van der Waals surface area contributed by atoms with Crippen molar-refractivity contribution in [3.63, 3.8) is 0 Å². The van der Waals surface area contributed by atoms with E-state index in [0.29, 0.717) is 25.0 Å². The second kappa shape index (κ2) is 7.55. The second-order valence-electron chi connectivity index (χ2n) is 7.27. The molecule has 1 aliphatic heterocycles. The van der Waals surface area contributed by atoms with Crippen LogP contribution < -0.4 is 5.56 Å². The molecule has 1 aliphatic rings. The molecule has 3 aromatic rings. The first-order valence-corrected chi connectivity index (χ1v) is 9.39. The maximum Gasteiger partial charge on any atom is 0.406 e. The summed E-state index contributed by atoms with van der Waals surface area (Å²) >= 11 is 0. The Balaban J connectivity index is 1.78. The molecule has 2 aromatic heterocycles. The quantitative estimate of drug-likeness (QED) is 0.668. The summed E-state index contributed by atoms with van der Waals surface area (Å²) in [7, 11) is 0. The van der Waals surface area contributed by atoms with Crippen LogP contribution in [0.2, 0.25) is 0 Å². The van der Waals surface area contributed by atoms with Crippen molar-refractivity contribution in [1.29, 1.82) is 0 Å². The Morgan fingerprint density at radius 1 is 1.17 bits per heavy atom. The average Bonchev–Trinajstić information content (AvgIpc) is 3.11. The van der Waals surface area contributed by atoms with Gasteiger partial charge in [-0.1, -0.05) is 12.1 Å². The van der Waals surface area contributed by atoms with Crippen molar-refractivity contribution in [2.75, 3.05) is 6.54 Å². The summed E-state index contributed by atoms with van der Waals surface area (Å²) in [6.07, 6.45) is 0.213. The van der Waals surface area contributed by atoms with Gasteiger partial charge in [0.25, 0.3) is 5.56 Å².